The van der Waals surface area contributed by atoms with E-state index >= 15 is 0 Å². The summed E-state index contributed by atoms with van der Waals surface area (Å²) in [5.41, 5.74) is 1.94. The van der Waals surface area contributed by atoms with Crippen molar-refractivity contribution >= 4 is 28.3 Å². The molecule has 2 heterocycles. The van der Waals surface area contributed by atoms with Gasteiger partial charge in [-0.25, -0.2) is 14.8 Å². The molecule has 2 aliphatic rings. The highest BCUT2D eigenvalue weighted by Crippen LogP contribution is 2.33. The van der Waals surface area contributed by atoms with Crippen LogP contribution in [0.2, 0.25) is 0 Å². The summed E-state index contributed by atoms with van der Waals surface area (Å²) in [6.45, 7) is 2.10. The first-order valence-electron chi connectivity index (χ1n) is 6.52. The van der Waals surface area contributed by atoms with Crippen LogP contribution in [0, 0.1) is 0 Å². The average molecular weight is 299 g/mol. The van der Waals surface area contributed by atoms with Crippen LogP contribution in [0.5, 0.6) is 0 Å². The van der Waals surface area contributed by atoms with E-state index in [1.807, 2.05) is 35.7 Å². The fourth-order valence-electron chi connectivity index (χ4n) is 2.04. The summed E-state index contributed by atoms with van der Waals surface area (Å²) in [5, 5.41) is 5.63. The number of rotatable bonds is 4. The van der Waals surface area contributed by atoms with Crippen molar-refractivity contribution in [1.29, 1.82) is 0 Å². The third-order valence-corrected chi connectivity index (χ3v) is 3.58. The highest BCUT2D eigenvalue weighted by molar-refractivity contribution is 7.13. The molecule has 0 atom stereocenters. The van der Waals surface area contributed by atoms with Crippen molar-refractivity contribution in [2.24, 2.45) is 0 Å². The lowest BCUT2D eigenvalue weighted by atomic mass is 10.1. The maximum absolute atomic E-state index is 12.3. The Morgan fingerprint density at radius 3 is 2.95 bits per heavy atom. The zero-order valence-corrected chi connectivity index (χ0v) is 12.2. The van der Waals surface area contributed by atoms with Gasteiger partial charge in [-0.05, 0) is 13.0 Å². The zero-order valence-electron chi connectivity index (χ0n) is 11.4. The molecule has 5 nitrogen and oxygen atoms in total. The lowest BCUT2D eigenvalue weighted by Gasteiger charge is -2.04. The Kier molecular flexibility index (Phi) is 3.79. The third-order valence-electron chi connectivity index (χ3n) is 2.89. The molecule has 0 saturated carbocycles. The van der Waals surface area contributed by atoms with E-state index < -0.39 is 0 Å². The van der Waals surface area contributed by atoms with Gasteiger partial charge in [-0.15, -0.1) is 11.3 Å². The summed E-state index contributed by atoms with van der Waals surface area (Å²) in [6.07, 6.45) is 1.69. The molecular weight excluding hydrogens is 286 g/mol. The predicted octanol–water partition coefficient (Wildman–Crippen LogP) is 3.56. The van der Waals surface area contributed by atoms with E-state index in [1.165, 1.54) is 11.3 Å². The van der Waals surface area contributed by atoms with Crippen molar-refractivity contribution in [2.75, 3.05) is 11.9 Å². The summed E-state index contributed by atoms with van der Waals surface area (Å²) in [5.74, 6) is 0.0925. The molecule has 0 amide bonds. The Morgan fingerprint density at radius 1 is 1.33 bits per heavy atom. The second kappa shape index (κ2) is 5.88. The summed E-state index contributed by atoms with van der Waals surface area (Å²) in [7, 11) is 0. The smallest absolute Gasteiger partial charge is 0.342 e. The Morgan fingerprint density at radius 2 is 2.19 bits per heavy atom. The highest BCUT2D eigenvalue weighted by Gasteiger charge is 2.24. The van der Waals surface area contributed by atoms with E-state index in [9.17, 15) is 4.79 Å². The second-order valence-electron chi connectivity index (χ2n) is 4.23. The van der Waals surface area contributed by atoms with Crippen molar-refractivity contribution in [2.45, 2.75) is 6.92 Å². The first-order valence-corrected chi connectivity index (χ1v) is 7.40. The number of thiazole rings is 1. The van der Waals surface area contributed by atoms with Crippen LogP contribution in [0.1, 0.15) is 17.3 Å². The number of carbonyl (C=O) groups excluding carboxylic acids is 1. The average Bonchev–Trinajstić information content (AvgIpc) is 3.02. The fraction of sp³-hybridized carbons (Fsp3) is 0.133. The number of hydrogen-bond donors (Lipinski definition) is 1. The van der Waals surface area contributed by atoms with Crippen LogP contribution in [0.3, 0.4) is 0 Å². The van der Waals surface area contributed by atoms with Crippen LogP contribution in [0.25, 0.3) is 11.3 Å². The third kappa shape index (κ3) is 2.71. The van der Waals surface area contributed by atoms with Gasteiger partial charge in [-0.1, -0.05) is 24.3 Å². The van der Waals surface area contributed by atoms with E-state index in [1.54, 1.807) is 13.1 Å². The van der Waals surface area contributed by atoms with Crippen LogP contribution >= 0.6 is 11.3 Å². The molecule has 1 aliphatic heterocycles. The molecule has 0 bridgehead atoms. The van der Waals surface area contributed by atoms with Gasteiger partial charge in [-0.2, -0.15) is 0 Å². The van der Waals surface area contributed by atoms with E-state index in [-0.39, 0.29) is 5.97 Å². The van der Waals surface area contributed by atoms with Crippen LogP contribution in [-0.2, 0) is 4.74 Å². The number of esters is 1. The fourth-order valence-corrected chi connectivity index (χ4v) is 2.57. The summed E-state index contributed by atoms with van der Waals surface area (Å²) in [6, 6.07) is 9.38. The molecule has 6 heteroatoms. The molecule has 0 fully saturated rings. The quantitative estimate of drug-likeness (QED) is 0.746. The number of aromatic nitrogens is 2. The molecule has 106 valence electrons. The number of anilines is 2. The van der Waals surface area contributed by atoms with Gasteiger partial charge in [0.25, 0.3) is 0 Å². The van der Waals surface area contributed by atoms with E-state index in [2.05, 4.69) is 15.3 Å². The molecule has 1 aromatic heterocycles. The SMILES string of the molecule is CCOC(=O)c1c2cccccc-2nc1Nc1nccs1. The first-order chi connectivity index (χ1) is 10.3. The Balaban J connectivity index is 2.10. The number of carbonyl (C=O) groups is 1. The van der Waals surface area contributed by atoms with E-state index in [0.29, 0.717) is 23.1 Å². The topological polar surface area (TPSA) is 64.1 Å². The number of hydrogen-bond acceptors (Lipinski definition) is 6. The molecule has 1 N–H and O–H groups in total. The van der Waals surface area contributed by atoms with Gasteiger partial charge in [0.15, 0.2) is 5.13 Å². The standard InChI is InChI=1S/C15H13N3O2S/c1-2-20-14(19)12-10-6-4-3-5-7-11(10)17-13(12)18-15-16-8-9-21-15/h3-9H,2H2,1H3,(H,16,17,18). The van der Waals surface area contributed by atoms with Crippen molar-refractivity contribution in [3.63, 3.8) is 0 Å². The monoisotopic (exact) mass is 299 g/mol. The van der Waals surface area contributed by atoms with Crippen molar-refractivity contribution in [3.8, 4) is 11.3 Å². The predicted molar refractivity (Wildman–Crippen MR) is 82.2 cm³/mol. The minimum Gasteiger partial charge on any atom is -0.462 e. The maximum atomic E-state index is 12.3. The molecule has 0 radical (unpaired) electrons. The Labute approximate surface area is 126 Å². The second-order valence-corrected chi connectivity index (χ2v) is 5.12. The first kappa shape index (κ1) is 13.5. The lowest BCUT2D eigenvalue weighted by molar-refractivity contribution is 0.0529. The van der Waals surface area contributed by atoms with Gasteiger partial charge in [-0.3, -0.25) is 0 Å². The minimum absolute atomic E-state index is 0.321. The number of fused-ring (bicyclic) bond motifs is 1. The van der Waals surface area contributed by atoms with Crippen molar-refractivity contribution in [1.82, 2.24) is 9.97 Å². The molecule has 1 aliphatic carbocycles. The molecule has 0 aromatic carbocycles. The van der Waals surface area contributed by atoms with E-state index in [4.69, 9.17) is 4.74 Å². The van der Waals surface area contributed by atoms with Gasteiger partial charge in [0.05, 0.1) is 12.3 Å². The summed E-state index contributed by atoms with van der Waals surface area (Å²) < 4.78 is 5.15. The van der Waals surface area contributed by atoms with Crippen LogP contribution in [0.4, 0.5) is 10.9 Å². The van der Waals surface area contributed by atoms with Crippen LogP contribution < -0.4 is 5.32 Å². The summed E-state index contributed by atoms with van der Waals surface area (Å²) >= 11 is 1.45. The van der Waals surface area contributed by atoms with Gasteiger partial charge in [0, 0.05) is 17.1 Å². The van der Waals surface area contributed by atoms with Crippen molar-refractivity contribution in [3.05, 3.63) is 47.5 Å². The summed E-state index contributed by atoms with van der Waals surface area (Å²) in [4.78, 5) is 20.9. The highest BCUT2D eigenvalue weighted by atomic mass is 32.1. The molecule has 0 spiro atoms. The maximum Gasteiger partial charge on any atom is 0.342 e. The Hall–Kier alpha value is -2.47. The molecular formula is C15H13N3O2S. The molecule has 0 unspecified atom stereocenters. The van der Waals surface area contributed by atoms with Crippen LogP contribution in [0.15, 0.2) is 41.9 Å². The van der Waals surface area contributed by atoms with Gasteiger partial charge < -0.3 is 10.1 Å². The largest absolute Gasteiger partial charge is 0.462 e. The number of nitrogens with zero attached hydrogens (tertiary/aromatic N) is 2. The normalized spacial score (nSPS) is 10.5. The van der Waals surface area contributed by atoms with Crippen LogP contribution in [-0.4, -0.2) is 22.5 Å². The van der Waals surface area contributed by atoms with Gasteiger partial charge >= 0.3 is 5.97 Å². The van der Waals surface area contributed by atoms with Gasteiger partial charge in [0.1, 0.15) is 11.4 Å². The molecule has 1 aromatic rings. The number of ether oxygens (including phenoxy) is 1. The molecule has 0 saturated heterocycles. The lowest BCUT2D eigenvalue weighted by Crippen LogP contribution is -2.07. The van der Waals surface area contributed by atoms with Crippen molar-refractivity contribution < 1.29 is 9.53 Å². The minimum atomic E-state index is -0.384. The van der Waals surface area contributed by atoms with E-state index in [0.717, 1.165) is 11.3 Å². The number of nitrogens with one attached hydrogen (secondary N) is 1. The molecule has 21 heavy (non-hydrogen) atoms. The Bertz CT molecular complexity index is 728. The molecule has 3 rings (SSSR count). The zero-order chi connectivity index (χ0) is 14.7. The van der Waals surface area contributed by atoms with Gasteiger partial charge in [0.2, 0.25) is 0 Å².